The Morgan fingerprint density at radius 3 is 1.26 bits per heavy atom. The fourth-order valence-corrected chi connectivity index (χ4v) is 6.38. The van der Waals surface area contributed by atoms with E-state index in [0.29, 0.717) is 0 Å². The van der Waals surface area contributed by atoms with Gasteiger partial charge in [0.1, 0.15) is 6.10 Å². The number of nitrogens with zero attached hydrogens (tertiary/aromatic N) is 2. The summed E-state index contributed by atoms with van der Waals surface area (Å²) < 4.78 is 6.12. The Hall–Kier alpha value is -1.81. The van der Waals surface area contributed by atoms with Gasteiger partial charge in [0.25, 0.3) is 0 Å². The summed E-state index contributed by atoms with van der Waals surface area (Å²) in [6.07, 6.45) is 51.9. The second-order valence-electron chi connectivity index (χ2n) is 14.6. The second-order valence-corrected chi connectivity index (χ2v) is 14.6. The maximum atomic E-state index is 13.0. The standard InChI is InChI=1S/C46H86N2O2/c1-6-10-12-14-16-18-20-22-24-26-28-30-32-34-36-38-41-45(50-46(49)47(5)43-40-44-48(8-3)9-4)42-39-37-35-33-31-29-27-25-23-21-19-17-15-13-11-7-2/h16-19,22-25,45H,6-15,20-21,26-44H2,1-5H3/b18-16-,19-17-,24-22-,25-23-. The fraction of sp³-hybridized carbons (Fsp3) is 0.804. The number of carbonyl (C=O) groups is 1. The highest BCUT2D eigenvalue weighted by atomic mass is 16.6. The molecule has 0 aromatic heterocycles. The molecule has 4 heteroatoms. The summed E-state index contributed by atoms with van der Waals surface area (Å²) in [5, 5.41) is 0. The highest BCUT2D eigenvalue weighted by Crippen LogP contribution is 2.18. The molecule has 0 aliphatic carbocycles. The van der Waals surface area contributed by atoms with Crippen molar-refractivity contribution < 1.29 is 9.53 Å². The van der Waals surface area contributed by atoms with E-state index in [1.54, 1.807) is 4.90 Å². The van der Waals surface area contributed by atoms with Crippen molar-refractivity contribution in [2.24, 2.45) is 0 Å². The first-order chi connectivity index (χ1) is 24.6. The van der Waals surface area contributed by atoms with E-state index in [4.69, 9.17) is 4.74 Å². The summed E-state index contributed by atoms with van der Waals surface area (Å²) in [5.41, 5.74) is 0. The summed E-state index contributed by atoms with van der Waals surface area (Å²) in [7, 11) is 1.91. The van der Waals surface area contributed by atoms with Crippen LogP contribution in [0.3, 0.4) is 0 Å². The summed E-state index contributed by atoms with van der Waals surface area (Å²) in [6, 6.07) is 0. The Labute approximate surface area is 313 Å². The molecule has 0 aliphatic rings. The molecular formula is C46H86N2O2. The minimum absolute atomic E-state index is 0.0596. The van der Waals surface area contributed by atoms with Gasteiger partial charge in [0.2, 0.25) is 0 Å². The summed E-state index contributed by atoms with van der Waals surface area (Å²) >= 11 is 0. The lowest BCUT2D eigenvalue weighted by Gasteiger charge is -2.24. The molecule has 50 heavy (non-hydrogen) atoms. The Balaban J connectivity index is 4.28. The van der Waals surface area contributed by atoms with Crippen LogP contribution in [0.15, 0.2) is 48.6 Å². The average Bonchev–Trinajstić information content (AvgIpc) is 3.12. The number of ether oxygens (including phenoxy) is 1. The van der Waals surface area contributed by atoms with Crippen LogP contribution in [0.1, 0.15) is 201 Å². The molecular weight excluding hydrogens is 613 g/mol. The van der Waals surface area contributed by atoms with Gasteiger partial charge in [-0.15, -0.1) is 0 Å². The van der Waals surface area contributed by atoms with Crippen LogP contribution in [-0.2, 0) is 4.74 Å². The Morgan fingerprint density at radius 2 is 0.860 bits per heavy atom. The van der Waals surface area contributed by atoms with E-state index in [0.717, 1.165) is 71.1 Å². The highest BCUT2D eigenvalue weighted by molar-refractivity contribution is 5.67. The summed E-state index contributed by atoms with van der Waals surface area (Å²) in [6.45, 7) is 12.9. The minimum atomic E-state index is -0.130. The number of unbranched alkanes of at least 4 members (excludes halogenated alkanes) is 18. The molecule has 0 heterocycles. The Morgan fingerprint density at radius 1 is 0.480 bits per heavy atom. The summed E-state index contributed by atoms with van der Waals surface area (Å²) in [4.78, 5) is 17.2. The van der Waals surface area contributed by atoms with Crippen molar-refractivity contribution in [3.63, 3.8) is 0 Å². The number of carbonyl (C=O) groups excluding carboxylic acids is 1. The van der Waals surface area contributed by atoms with Crippen LogP contribution in [0.4, 0.5) is 4.79 Å². The number of rotatable bonds is 37. The van der Waals surface area contributed by atoms with Gasteiger partial charge in [-0.2, -0.15) is 0 Å². The van der Waals surface area contributed by atoms with Gasteiger partial charge in [0, 0.05) is 13.6 Å². The molecule has 0 saturated carbocycles. The van der Waals surface area contributed by atoms with Crippen molar-refractivity contribution in [3.05, 3.63) is 48.6 Å². The zero-order chi connectivity index (χ0) is 36.6. The zero-order valence-electron chi connectivity index (χ0n) is 34.3. The monoisotopic (exact) mass is 699 g/mol. The number of hydrogen-bond donors (Lipinski definition) is 0. The quantitative estimate of drug-likeness (QED) is 0.0478. The lowest BCUT2D eigenvalue weighted by atomic mass is 10.0. The van der Waals surface area contributed by atoms with Crippen molar-refractivity contribution in [2.75, 3.05) is 33.2 Å². The van der Waals surface area contributed by atoms with E-state index in [1.165, 1.54) is 128 Å². The lowest BCUT2D eigenvalue weighted by molar-refractivity contribution is 0.0575. The smallest absolute Gasteiger partial charge is 0.409 e. The maximum Gasteiger partial charge on any atom is 0.409 e. The van der Waals surface area contributed by atoms with Gasteiger partial charge in [0.15, 0.2) is 0 Å². The zero-order valence-corrected chi connectivity index (χ0v) is 34.3. The third-order valence-corrected chi connectivity index (χ3v) is 9.89. The summed E-state index contributed by atoms with van der Waals surface area (Å²) in [5.74, 6) is 0. The average molecular weight is 699 g/mol. The third-order valence-electron chi connectivity index (χ3n) is 9.89. The molecule has 4 nitrogen and oxygen atoms in total. The van der Waals surface area contributed by atoms with Crippen LogP contribution in [0, 0.1) is 0 Å². The second kappa shape index (κ2) is 40.0. The third kappa shape index (κ3) is 34.6. The molecule has 0 rings (SSSR count). The molecule has 0 fully saturated rings. The molecule has 0 saturated heterocycles. The van der Waals surface area contributed by atoms with E-state index in [-0.39, 0.29) is 12.2 Å². The molecule has 0 N–H and O–H groups in total. The van der Waals surface area contributed by atoms with E-state index in [1.807, 2.05) is 7.05 Å². The van der Waals surface area contributed by atoms with E-state index in [2.05, 4.69) is 81.2 Å². The molecule has 0 unspecified atom stereocenters. The Kier molecular flexibility index (Phi) is 38.5. The molecule has 0 bridgehead atoms. The van der Waals surface area contributed by atoms with E-state index in [9.17, 15) is 4.79 Å². The van der Waals surface area contributed by atoms with Crippen LogP contribution in [0.25, 0.3) is 0 Å². The largest absolute Gasteiger partial charge is 0.446 e. The van der Waals surface area contributed by atoms with Gasteiger partial charge in [-0.3, -0.25) is 0 Å². The first-order valence-electron chi connectivity index (χ1n) is 21.8. The number of allylic oxidation sites excluding steroid dienone is 8. The van der Waals surface area contributed by atoms with Gasteiger partial charge in [0.05, 0.1) is 0 Å². The van der Waals surface area contributed by atoms with Gasteiger partial charge < -0.3 is 14.5 Å². The predicted octanol–water partition coefficient (Wildman–Crippen LogP) is 14.6. The van der Waals surface area contributed by atoms with Crippen molar-refractivity contribution in [1.29, 1.82) is 0 Å². The molecule has 0 aromatic carbocycles. The Bertz CT molecular complexity index is 765. The van der Waals surface area contributed by atoms with Crippen LogP contribution in [-0.4, -0.2) is 55.2 Å². The fourth-order valence-electron chi connectivity index (χ4n) is 6.38. The molecule has 0 atom stereocenters. The van der Waals surface area contributed by atoms with E-state index < -0.39 is 0 Å². The number of hydrogen-bond acceptors (Lipinski definition) is 3. The van der Waals surface area contributed by atoms with Gasteiger partial charge >= 0.3 is 6.09 Å². The highest BCUT2D eigenvalue weighted by Gasteiger charge is 2.17. The van der Waals surface area contributed by atoms with Crippen molar-refractivity contribution in [2.45, 2.75) is 207 Å². The van der Waals surface area contributed by atoms with Crippen molar-refractivity contribution in [1.82, 2.24) is 9.80 Å². The maximum absolute atomic E-state index is 13.0. The van der Waals surface area contributed by atoms with Crippen molar-refractivity contribution >= 4 is 6.09 Å². The van der Waals surface area contributed by atoms with Gasteiger partial charge in [-0.25, -0.2) is 4.79 Å². The van der Waals surface area contributed by atoms with E-state index >= 15 is 0 Å². The first-order valence-corrected chi connectivity index (χ1v) is 21.8. The normalized spacial score (nSPS) is 12.3. The molecule has 0 spiro atoms. The molecule has 292 valence electrons. The van der Waals surface area contributed by atoms with Gasteiger partial charge in [-0.1, -0.05) is 153 Å². The molecule has 0 aromatic rings. The molecule has 0 aliphatic heterocycles. The number of amides is 1. The molecule has 0 radical (unpaired) electrons. The van der Waals surface area contributed by atoms with Crippen LogP contribution >= 0.6 is 0 Å². The minimum Gasteiger partial charge on any atom is -0.446 e. The predicted molar refractivity (Wildman–Crippen MR) is 223 cm³/mol. The lowest BCUT2D eigenvalue weighted by Crippen LogP contribution is -2.34. The first kappa shape index (κ1) is 48.2. The SMILES string of the molecule is CCCCC/C=C\C/C=C\CCCCCCCCC(CCCCCCCC/C=C\C/C=C\CCCCC)OC(=O)N(C)CCCN(CC)CC. The topological polar surface area (TPSA) is 32.8 Å². The van der Waals surface area contributed by atoms with Crippen molar-refractivity contribution in [3.8, 4) is 0 Å². The van der Waals surface area contributed by atoms with Crippen LogP contribution in [0.2, 0.25) is 0 Å². The van der Waals surface area contributed by atoms with Crippen LogP contribution < -0.4 is 0 Å². The molecule has 1 amide bonds. The van der Waals surface area contributed by atoms with Crippen LogP contribution in [0.5, 0.6) is 0 Å². The van der Waals surface area contributed by atoms with Gasteiger partial charge in [-0.05, 0) is 116 Å².